The van der Waals surface area contributed by atoms with Gasteiger partial charge < -0.3 is 30.9 Å². The number of carbonyl (C=O) groups excluding carboxylic acids is 3. The lowest BCUT2D eigenvalue weighted by molar-refractivity contribution is -0.148. The van der Waals surface area contributed by atoms with Crippen LogP contribution < -0.4 is 5.73 Å². The number of aromatic hydroxyl groups is 1. The van der Waals surface area contributed by atoms with E-state index in [2.05, 4.69) is 15.9 Å². The van der Waals surface area contributed by atoms with Gasteiger partial charge in [0, 0.05) is 42.3 Å². The number of aliphatic hydroxyl groups is 3. The van der Waals surface area contributed by atoms with Crippen LogP contribution >= 0.6 is 15.9 Å². The molecule has 39 heavy (non-hydrogen) atoms. The first-order valence-corrected chi connectivity index (χ1v) is 13.3. The SMILES string of the molecule is CN(C)[C@@H]1C(O)=C(C(N)=O)C(=O)[C@@]2(O)C(O)=C3C(=O)c4c(O)c(Br)c(CN5CCOCC5)c(F)c4C[C@H]3C[C@@H]12. The number of fused-ring (bicyclic) bond motifs is 3. The van der Waals surface area contributed by atoms with Crippen LogP contribution in [0, 0.1) is 17.7 Å². The molecule has 0 spiro atoms. The Balaban J connectivity index is 1.65. The summed E-state index contributed by atoms with van der Waals surface area (Å²) >= 11 is 3.22. The van der Waals surface area contributed by atoms with Crippen molar-refractivity contribution in [3.63, 3.8) is 0 Å². The first-order valence-electron chi connectivity index (χ1n) is 12.5. The zero-order valence-electron chi connectivity index (χ0n) is 21.3. The third-order valence-corrected chi connectivity index (χ3v) is 9.20. The third-order valence-electron chi connectivity index (χ3n) is 8.34. The zero-order valence-corrected chi connectivity index (χ0v) is 22.9. The number of likely N-dealkylation sites (N-methyl/N-ethyl adjacent to an activating group) is 1. The average Bonchev–Trinajstić information content (AvgIpc) is 2.87. The third kappa shape index (κ3) is 3.93. The maximum absolute atomic E-state index is 16.0. The highest BCUT2D eigenvalue weighted by molar-refractivity contribution is 9.10. The number of phenolic OH excluding ortho intramolecular Hbond substituents is 1. The number of carbonyl (C=O) groups is 3. The van der Waals surface area contributed by atoms with Crippen molar-refractivity contribution in [2.24, 2.45) is 17.6 Å². The van der Waals surface area contributed by atoms with Crippen LogP contribution in [-0.2, 0) is 27.3 Å². The average molecular weight is 610 g/mol. The Labute approximate surface area is 231 Å². The smallest absolute Gasteiger partial charge is 0.255 e. The summed E-state index contributed by atoms with van der Waals surface area (Å²) in [5.41, 5.74) is 1.15. The van der Waals surface area contributed by atoms with Gasteiger partial charge in [-0.2, -0.15) is 0 Å². The molecular formula is C26H29BrFN3O8. The highest BCUT2D eigenvalue weighted by Crippen LogP contribution is 2.53. The molecule has 1 saturated heterocycles. The monoisotopic (exact) mass is 609 g/mol. The summed E-state index contributed by atoms with van der Waals surface area (Å²) in [6.07, 6.45) is -0.224. The lowest BCUT2D eigenvalue weighted by Crippen LogP contribution is -2.63. The number of nitrogens with zero attached hydrogens (tertiary/aromatic N) is 2. The van der Waals surface area contributed by atoms with Crippen molar-refractivity contribution in [2.45, 2.75) is 31.0 Å². The number of ether oxygens (including phenoxy) is 1. The van der Waals surface area contributed by atoms with E-state index >= 15 is 4.39 Å². The van der Waals surface area contributed by atoms with E-state index in [9.17, 15) is 34.8 Å². The van der Waals surface area contributed by atoms with E-state index in [0.717, 1.165) is 0 Å². The van der Waals surface area contributed by atoms with Gasteiger partial charge in [0.1, 0.15) is 28.7 Å². The van der Waals surface area contributed by atoms with Gasteiger partial charge in [-0.05, 0) is 48.8 Å². The van der Waals surface area contributed by atoms with E-state index in [4.69, 9.17) is 10.5 Å². The lowest BCUT2D eigenvalue weighted by atomic mass is 9.58. The Hall–Kier alpha value is -2.84. The van der Waals surface area contributed by atoms with E-state index in [1.54, 1.807) is 14.1 Å². The molecule has 13 heteroatoms. The van der Waals surface area contributed by atoms with E-state index in [1.165, 1.54) is 4.90 Å². The number of benzene rings is 1. The van der Waals surface area contributed by atoms with Gasteiger partial charge in [-0.1, -0.05) is 0 Å². The summed E-state index contributed by atoms with van der Waals surface area (Å²) < 4.78 is 21.4. The largest absolute Gasteiger partial charge is 0.510 e. The molecule has 0 radical (unpaired) electrons. The number of phenols is 1. The number of morpholine rings is 1. The zero-order chi connectivity index (χ0) is 28.5. The fraction of sp³-hybridized carbons (Fsp3) is 0.500. The van der Waals surface area contributed by atoms with Crippen LogP contribution in [0.2, 0.25) is 0 Å². The predicted molar refractivity (Wildman–Crippen MR) is 137 cm³/mol. The summed E-state index contributed by atoms with van der Waals surface area (Å²) in [5, 5.41) is 44.8. The number of aliphatic hydroxyl groups excluding tert-OH is 2. The van der Waals surface area contributed by atoms with E-state index < -0.39 is 69.6 Å². The fourth-order valence-corrected chi connectivity index (χ4v) is 6.99. The second-order valence-electron chi connectivity index (χ2n) is 10.7. The molecule has 5 rings (SSSR count). The molecule has 1 aromatic rings. The van der Waals surface area contributed by atoms with Gasteiger partial charge in [0.15, 0.2) is 11.4 Å². The Morgan fingerprint density at radius 2 is 1.87 bits per heavy atom. The number of Topliss-reactive ketones (excluding diaryl/α,β-unsaturated/α-hetero) is 2. The van der Waals surface area contributed by atoms with Crippen molar-refractivity contribution in [1.82, 2.24) is 9.80 Å². The molecule has 210 valence electrons. The van der Waals surface area contributed by atoms with Gasteiger partial charge in [-0.15, -0.1) is 0 Å². The molecule has 6 N–H and O–H groups in total. The van der Waals surface area contributed by atoms with Crippen LogP contribution in [0.5, 0.6) is 5.75 Å². The summed E-state index contributed by atoms with van der Waals surface area (Å²) in [7, 11) is 3.08. The molecule has 0 aromatic heterocycles. The number of halogens is 2. The van der Waals surface area contributed by atoms with Gasteiger partial charge in [-0.3, -0.25) is 24.2 Å². The Bertz CT molecular complexity index is 1370. The first kappa shape index (κ1) is 27.7. The molecule has 0 bridgehead atoms. The van der Waals surface area contributed by atoms with Gasteiger partial charge in [0.25, 0.3) is 5.91 Å². The van der Waals surface area contributed by atoms with Crippen molar-refractivity contribution >= 4 is 33.4 Å². The summed E-state index contributed by atoms with van der Waals surface area (Å²) in [6, 6.07) is -1.12. The van der Waals surface area contributed by atoms with Crippen molar-refractivity contribution in [2.75, 3.05) is 40.4 Å². The molecule has 1 heterocycles. The highest BCUT2D eigenvalue weighted by atomic mass is 79.9. The van der Waals surface area contributed by atoms with Gasteiger partial charge in [0.05, 0.1) is 29.3 Å². The van der Waals surface area contributed by atoms with Crippen LogP contribution in [0.15, 0.2) is 27.1 Å². The summed E-state index contributed by atoms with van der Waals surface area (Å²) in [4.78, 5) is 42.5. The van der Waals surface area contributed by atoms with Crippen LogP contribution in [0.4, 0.5) is 4.39 Å². The predicted octanol–water partition coefficient (Wildman–Crippen LogP) is 0.854. The number of allylic oxidation sites excluding steroid dienone is 1. The molecule has 0 unspecified atom stereocenters. The minimum atomic E-state index is -2.74. The quantitative estimate of drug-likeness (QED) is 0.308. The minimum Gasteiger partial charge on any atom is -0.510 e. The summed E-state index contributed by atoms with van der Waals surface area (Å²) in [6.45, 7) is 2.27. The molecule has 11 nitrogen and oxygen atoms in total. The molecule has 1 amide bonds. The molecule has 3 aliphatic carbocycles. The van der Waals surface area contributed by atoms with Crippen molar-refractivity contribution in [1.29, 1.82) is 0 Å². The maximum atomic E-state index is 16.0. The van der Waals surface area contributed by atoms with Crippen LogP contribution in [0.3, 0.4) is 0 Å². The van der Waals surface area contributed by atoms with Crippen molar-refractivity contribution in [3.8, 4) is 5.75 Å². The van der Waals surface area contributed by atoms with Crippen LogP contribution in [-0.4, -0.2) is 99.7 Å². The molecule has 0 saturated carbocycles. The van der Waals surface area contributed by atoms with Crippen LogP contribution in [0.1, 0.15) is 27.9 Å². The van der Waals surface area contributed by atoms with Gasteiger partial charge in [-0.25, -0.2) is 4.39 Å². The topological polar surface area (TPSA) is 174 Å². The van der Waals surface area contributed by atoms with E-state index in [-0.39, 0.29) is 46.1 Å². The molecule has 4 aliphatic rings. The lowest BCUT2D eigenvalue weighted by Gasteiger charge is -2.50. The molecule has 4 atom stereocenters. The number of ketones is 2. The number of amides is 1. The van der Waals surface area contributed by atoms with Gasteiger partial charge in [0.2, 0.25) is 5.78 Å². The van der Waals surface area contributed by atoms with E-state index in [1.807, 2.05) is 4.90 Å². The Morgan fingerprint density at radius 3 is 2.46 bits per heavy atom. The second-order valence-corrected chi connectivity index (χ2v) is 11.5. The molecule has 1 fully saturated rings. The number of primary amides is 1. The maximum Gasteiger partial charge on any atom is 0.255 e. The number of rotatable bonds is 4. The first-order chi connectivity index (χ1) is 18.3. The molecular weight excluding hydrogens is 581 g/mol. The van der Waals surface area contributed by atoms with Crippen molar-refractivity contribution < 1.29 is 43.9 Å². The number of hydrogen-bond donors (Lipinski definition) is 5. The van der Waals surface area contributed by atoms with E-state index in [0.29, 0.717) is 26.3 Å². The molecule has 1 aromatic carbocycles. The standard InChI is InChI=1S/C26H29BrFN3O8/c1-30(2)19-13-8-10-7-11-15(21(33)17(27)12(18(11)28)9-31-3-5-39-6-4-31)20(32)14(10)23(35)26(13,38)24(36)16(22(19)34)25(29)37/h10,13,19,33-35,38H,3-9H2,1-2H3,(H2,29,37)/t10-,13-,19-,26-/m0/s1. The Morgan fingerprint density at radius 1 is 1.23 bits per heavy atom. The number of nitrogens with two attached hydrogens (primary N) is 1. The fourth-order valence-electron chi connectivity index (χ4n) is 6.49. The molecule has 1 aliphatic heterocycles. The van der Waals surface area contributed by atoms with Gasteiger partial charge >= 0.3 is 0 Å². The van der Waals surface area contributed by atoms with Crippen LogP contribution in [0.25, 0.3) is 0 Å². The Kier molecular flexibility index (Phi) is 6.87. The normalized spacial score (nSPS) is 29.4. The second kappa shape index (κ2) is 9.66. The van der Waals surface area contributed by atoms with Crippen molar-refractivity contribution in [3.05, 3.63) is 49.6 Å². The number of hydrogen-bond acceptors (Lipinski definition) is 10. The highest BCUT2D eigenvalue weighted by Gasteiger charge is 2.63. The summed E-state index contributed by atoms with van der Waals surface area (Å²) in [5.74, 6) is -8.41. The minimum absolute atomic E-state index is 0.00480.